The number of ether oxygens (including phenoxy) is 1. The van der Waals surface area contributed by atoms with E-state index in [1.807, 2.05) is 48.5 Å². The van der Waals surface area contributed by atoms with Crippen LogP contribution in [0.1, 0.15) is 28.6 Å². The van der Waals surface area contributed by atoms with Crippen LogP contribution in [0.4, 0.5) is 0 Å². The standard InChI is InChI=1S/C26H21N5O4/c1-2-17-10-6-12-20-21(15-27-24(17)20)23(32)16-35-26(33)22(14-19-11-7-13-34-19)31-25(28-29-30-31)18-8-4-3-5-9-18/h3-15,27H,2,16H2,1H3. The van der Waals surface area contributed by atoms with Crippen molar-refractivity contribution in [3.05, 3.63) is 90.0 Å². The van der Waals surface area contributed by atoms with Crippen LogP contribution in [-0.4, -0.2) is 43.6 Å². The van der Waals surface area contributed by atoms with E-state index in [9.17, 15) is 9.59 Å². The number of aromatic nitrogens is 5. The molecule has 5 aromatic rings. The van der Waals surface area contributed by atoms with Gasteiger partial charge in [-0.3, -0.25) is 4.79 Å². The number of hydrogen-bond acceptors (Lipinski definition) is 7. The summed E-state index contributed by atoms with van der Waals surface area (Å²) < 4.78 is 12.1. The highest BCUT2D eigenvalue weighted by Gasteiger charge is 2.23. The van der Waals surface area contributed by atoms with Crippen LogP contribution < -0.4 is 0 Å². The molecule has 0 aliphatic rings. The molecule has 2 aromatic carbocycles. The number of para-hydroxylation sites is 1. The number of aryl methyl sites for hydroxylation is 1. The van der Waals surface area contributed by atoms with E-state index in [1.54, 1.807) is 18.3 Å². The number of carbonyl (C=O) groups is 2. The van der Waals surface area contributed by atoms with E-state index in [0.29, 0.717) is 22.7 Å². The van der Waals surface area contributed by atoms with Crippen molar-refractivity contribution in [2.24, 2.45) is 0 Å². The third-order valence-electron chi connectivity index (χ3n) is 5.58. The second-order valence-corrected chi connectivity index (χ2v) is 7.72. The average Bonchev–Trinajstić information content (AvgIpc) is 3.66. The maximum Gasteiger partial charge on any atom is 0.357 e. The number of furan rings is 1. The number of carbonyl (C=O) groups excluding carboxylic acids is 2. The highest BCUT2D eigenvalue weighted by molar-refractivity contribution is 6.17. The molecule has 0 saturated carbocycles. The number of rotatable bonds is 8. The zero-order chi connectivity index (χ0) is 24.2. The molecule has 0 saturated heterocycles. The van der Waals surface area contributed by atoms with Gasteiger partial charge >= 0.3 is 5.97 Å². The zero-order valence-electron chi connectivity index (χ0n) is 18.8. The number of hydrogen-bond donors (Lipinski definition) is 1. The molecule has 5 rings (SSSR count). The number of benzene rings is 2. The molecule has 1 N–H and O–H groups in total. The van der Waals surface area contributed by atoms with Gasteiger partial charge in [-0.2, -0.15) is 4.68 Å². The molecule has 0 amide bonds. The molecule has 0 radical (unpaired) electrons. The third kappa shape index (κ3) is 4.39. The van der Waals surface area contributed by atoms with Crippen LogP contribution in [0.3, 0.4) is 0 Å². The fourth-order valence-electron chi connectivity index (χ4n) is 3.86. The molecule has 0 atom stereocenters. The number of ketones is 1. The van der Waals surface area contributed by atoms with Crippen molar-refractivity contribution < 1.29 is 18.7 Å². The summed E-state index contributed by atoms with van der Waals surface area (Å²) in [5.74, 6) is -0.347. The lowest BCUT2D eigenvalue weighted by Gasteiger charge is -2.09. The molecule has 35 heavy (non-hydrogen) atoms. The summed E-state index contributed by atoms with van der Waals surface area (Å²) in [7, 11) is 0. The summed E-state index contributed by atoms with van der Waals surface area (Å²) in [4.78, 5) is 29.3. The molecule has 0 aliphatic heterocycles. The summed E-state index contributed by atoms with van der Waals surface area (Å²) in [5, 5.41) is 12.6. The molecule has 3 aromatic heterocycles. The summed E-state index contributed by atoms with van der Waals surface area (Å²) in [6.07, 6.45) is 5.43. The molecule has 9 heteroatoms. The smallest absolute Gasteiger partial charge is 0.357 e. The maximum absolute atomic E-state index is 13.2. The highest BCUT2D eigenvalue weighted by Crippen LogP contribution is 2.24. The van der Waals surface area contributed by atoms with Gasteiger partial charge in [0.15, 0.2) is 18.1 Å². The van der Waals surface area contributed by atoms with E-state index in [1.165, 1.54) is 17.0 Å². The molecule has 0 bridgehead atoms. The number of nitrogens with one attached hydrogen (secondary N) is 1. The molecule has 0 aliphatic carbocycles. The summed E-state index contributed by atoms with van der Waals surface area (Å²) in [6, 6.07) is 18.4. The van der Waals surface area contributed by atoms with Crippen molar-refractivity contribution >= 4 is 34.4 Å². The lowest BCUT2D eigenvalue weighted by Crippen LogP contribution is -2.19. The second kappa shape index (κ2) is 9.60. The van der Waals surface area contributed by atoms with Crippen LogP contribution in [0.15, 0.2) is 77.5 Å². The Kier molecular flexibility index (Phi) is 6.04. The van der Waals surface area contributed by atoms with Crippen molar-refractivity contribution in [2.45, 2.75) is 13.3 Å². The van der Waals surface area contributed by atoms with E-state index in [4.69, 9.17) is 9.15 Å². The van der Waals surface area contributed by atoms with Crippen molar-refractivity contribution in [1.29, 1.82) is 0 Å². The summed E-state index contributed by atoms with van der Waals surface area (Å²) in [6.45, 7) is 1.61. The van der Waals surface area contributed by atoms with Gasteiger partial charge in [-0.15, -0.1) is 5.10 Å². The first kappa shape index (κ1) is 22.0. The average molecular weight is 467 g/mol. The van der Waals surface area contributed by atoms with Crippen LogP contribution in [0.5, 0.6) is 0 Å². The first-order chi connectivity index (χ1) is 17.2. The molecule has 0 unspecified atom stereocenters. The first-order valence-corrected chi connectivity index (χ1v) is 11.0. The van der Waals surface area contributed by atoms with Gasteiger partial charge in [0.1, 0.15) is 5.76 Å². The Bertz CT molecular complexity index is 1510. The first-order valence-electron chi connectivity index (χ1n) is 11.0. The van der Waals surface area contributed by atoms with Crippen molar-refractivity contribution in [3.63, 3.8) is 0 Å². The van der Waals surface area contributed by atoms with Crippen LogP contribution >= 0.6 is 0 Å². The Hall–Kier alpha value is -4.79. The van der Waals surface area contributed by atoms with Crippen molar-refractivity contribution in [2.75, 3.05) is 6.61 Å². The van der Waals surface area contributed by atoms with Crippen LogP contribution in [0.2, 0.25) is 0 Å². The fraction of sp³-hybridized carbons (Fsp3) is 0.115. The molecular weight excluding hydrogens is 446 g/mol. The topological polar surface area (TPSA) is 116 Å². The van der Waals surface area contributed by atoms with Gasteiger partial charge in [-0.1, -0.05) is 55.5 Å². The minimum atomic E-state index is -0.770. The van der Waals surface area contributed by atoms with E-state index >= 15 is 0 Å². The predicted molar refractivity (Wildman–Crippen MR) is 129 cm³/mol. The molecule has 0 fully saturated rings. The van der Waals surface area contributed by atoms with Gasteiger partial charge in [0.25, 0.3) is 0 Å². The fourth-order valence-corrected chi connectivity index (χ4v) is 3.86. The quantitative estimate of drug-likeness (QED) is 0.204. The number of H-pyrrole nitrogens is 1. The Morgan fingerprint density at radius 2 is 1.94 bits per heavy atom. The van der Waals surface area contributed by atoms with E-state index in [2.05, 4.69) is 27.4 Å². The number of tetrazole rings is 1. The maximum atomic E-state index is 13.2. The molecule has 3 heterocycles. The number of aromatic amines is 1. The van der Waals surface area contributed by atoms with Crippen LogP contribution in [0.25, 0.3) is 34.1 Å². The van der Waals surface area contributed by atoms with E-state index in [0.717, 1.165) is 22.9 Å². The summed E-state index contributed by atoms with van der Waals surface area (Å²) >= 11 is 0. The van der Waals surface area contributed by atoms with Gasteiger partial charge in [0, 0.05) is 34.3 Å². The van der Waals surface area contributed by atoms with Gasteiger partial charge in [-0.25, -0.2) is 4.79 Å². The number of Topliss-reactive ketones (excluding diaryl/α,β-unsaturated/α-hetero) is 1. The Morgan fingerprint density at radius 3 is 2.71 bits per heavy atom. The van der Waals surface area contributed by atoms with Gasteiger partial charge < -0.3 is 14.1 Å². The zero-order valence-corrected chi connectivity index (χ0v) is 18.8. The lowest BCUT2D eigenvalue weighted by atomic mass is 10.1. The van der Waals surface area contributed by atoms with Gasteiger partial charge in [0.05, 0.1) is 6.26 Å². The number of nitrogens with zero attached hydrogens (tertiary/aromatic N) is 4. The SMILES string of the molecule is CCc1cccc2c(C(=O)COC(=O)C(=Cc3ccco3)n3nnnc3-c3ccccc3)c[nH]c12. The van der Waals surface area contributed by atoms with Crippen LogP contribution in [0, 0.1) is 0 Å². The predicted octanol–water partition coefficient (Wildman–Crippen LogP) is 4.40. The largest absolute Gasteiger partial charge is 0.465 e. The second-order valence-electron chi connectivity index (χ2n) is 7.72. The van der Waals surface area contributed by atoms with Crippen molar-refractivity contribution in [3.8, 4) is 11.4 Å². The van der Waals surface area contributed by atoms with Gasteiger partial charge in [-0.05, 0) is 34.5 Å². The Labute approximate surface area is 200 Å². The third-order valence-corrected chi connectivity index (χ3v) is 5.58. The van der Waals surface area contributed by atoms with E-state index < -0.39 is 12.6 Å². The monoisotopic (exact) mass is 467 g/mol. The Morgan fingerprint density at radius 1 is 1.09 bits per heavy atom. The molecule has 9 nitrogen and oxygen atoms in total. The minimum Gasteiger partial charge on any atom is -0.465 e. The number of esters is 1. The highest BCUT2D eigenvalue weighted by atomic mass is 16.5. The van der Waals surface area contributed by atoms with Gasteiger partial charge in [0.2, 0.25) is 5.78 Å². The van der Waals surface area contributed by atoms with E-state index in [-0.39, 0.29) is 11.5 Å². The van der Waals surface area contributed by atoms with Crippen LogP contribution in [-0.2, 0) is 16.0 Å². The van der Waals surface area contributed by atoms with Crippen molar-refractivity contribution in [1.82, 2.24) is 25.2 Å². The minimum absolute atomic E-state index is 0.00352. The molecule has 174 valence electrons. The lowest BCUT2D eigenvalue weighted by molar-refractivity contribution is -0.136. The summed E-state index contributed by atoms with van der Waals surface area (Å²) in [5.41, 5.74) is 3.19. The Balaban J connectivity index is 1.42. The number of fused-ring (bicyclic) bond motifs is 1. The normalized spacial score (nSPS) is 11.6. The molecular formula is C26H21N5O4. The molecule has 0 spiro atoms.